The van der Waals surface area contributed by atoms with Crippen LogP contribution in [-0.4, -0.2) is 34.4 Å². The second-order valence-electron chi connectivity index (χ2n) is 6.42. The maximum absolute atomic E-state index is 13.1. The van der Waals surface area contributed by atoms with Crippen LogP contribution < -0.4 is 9.47 Å². The predicted molar refractivity (Wildman–Crippen MR) is 108 cm³/mol. The van der Waals surface area contributed by atoms with Gasteiger partial charge in [0.2, 0.25) is 0 Å². The molecule has 2 aromatic carbocycles. The van der Waals surface area contributed by atoms with E-state index < -0.39 is 0 Å². The summed E-state index contributed by atoms with van der Waals surface area (Å²) in [6, 6.07) is 15.2. The quantitative estimate of drug-likeness (QED) is 0.543. The fraction of sp³-hybridized carbons (Fsp3) is 0.318. The molecule has 0 amide bonds. The Morgan fingerprint density at radius 1 is 1.11 bits per heavy atom. The van der Waals surface area contributed by atoms with Gasteiger partial charge in [0.1, 0.15) is 5.75 Å². The molecular formula is C22H25N3O3. The number of unbranched alkanes of at least 4 members (excludes halogenated alkanes) is 1. The van der Waals surface area contributed by atoms with Crippen LogP contribution in [0.5, 0.6) is 11.8 Å². The Balaban J connectivity index is 1.99. The lowest BCUT2D eigenvalue weighted by atomic mass is 10.1. The number of aryl methyl sites for hydroxylation is 1. The van der Waals surface area contributed by atoms with Gasteiger partial charge in [0, 0.05) is 11.1 Å². The molecule has 0 aliphatic rings. The number of carbonyl (C=O) groups is 1. The van der Waals surface area contributed by atoms with Crippen LogP contribution in [0.3, 0.4) is 0 Å². The molecule has 28 heavy (non-hydrogen) atoms. The van der Waals surface area contributed by atoms with Crippen LogP contribution in [-0.2, 0) is 6.42 Å². The van der Waals surface area contributed by atoms with Crippen molar-refractivity contribution in [3.8, 4) is 23.1 Å². The lowest BCUT2D eigenvalue weighted by molar-refractivity contribution is 0.0944. The molecule has 146 valence electrons. The Hall–Kier alpha value is -3.15. The van der Waals surface area contributed by atoms with Crippen molar-refractivity contribution in [3.63, 3.8) is 0 Å². The molecule has 0 atom stereocenters. The molecule has 0 saturated heterocycles. The van der Waals surface area contributed by atoms with Crippen molar-refractivity contribution >= 4 is 5.91 Å². The van der Waals surface area contributed by atoms with Gasteiger partial charge in [-0.3, -0.25) is 4.79 Å². The highest BCUT2D eigenvalue weighted by atomic mass is 16.5. The molecule has 0 saturated carbocycles. The molecule has 0 spiro atoms. The van der Waals surface area contributed by atoms with Crippen molar-refractivity contribution in [3.05, 3.63) is 59.7 Å². The number of rotatable bonds is 8. The minimum absolute atomic E-state index is 0.208. The van der Waals surface area contributed by atoms with Crippen molar-refractivity contribution < 1.29 is 14.3 Å². The topological polar surface area (TPSA) is 66.2 Å². The van der Waals surface area contributed by atoms with E-state index in [1.165, 1.54) is 10.2 Å². The number of ether oxygens (including phenoxy) is 2. The molecule has 0 N–H and O–H groups in total. The molecule has 0 bridgehead atoms. The van der Waals surface area contributed by atoms with Crippen molar-refractivity contribution in [2.45, 2.75) is 33.1 Å². The number of hydrogen-bond donors (Lipinski definition) is 0. The molecule has 0 aliphatic carbocycles. The van der Waals surface area contributed by atoms with E-state index in [0.29, 0.717) is 23.7 Å². The molecular weight excluding hydrogens is 354 g/mol. The molecule has 0 aliphatic heterocycles. The van der Waals surface area contributed by atoms with Gasteiger partial charge in [0.05, 0.1) is 13.7 Å². The standard InChI is InChI=1S/C22H25N3O3/c1-4-6-14-28-22-23-20(17-12-10-16(5-2)11-13-17)25(24-22)21(26)18-8-7-9-19(15-18)27-3/h7-13,15H,4-6,14H2,1-3H3. The molecule has 0 radical (unpaired) electrons. The summed E-state index contributed by atoms with van der Waals surface area (Å²) in [7, 11) is 1.57. The fourth-order valence-corrected chi connectivity index (χ4v) is 2.76. The van der Waals surface area contributed by atoms with Gasteiger partial charge in [0.15, 0.2) is 5.82 Å². The second kappa shape index (κ2) is 9.17. The van der Waals surface area contributed by atoms with Gasteiger partial charge in [0.25, 0.3) is 5.91 Å². The van der Waals surface area contributed by atoms with Crippen molar-refractivity contribution in [2.75, 3.05) is 13.7 Å². The van der Waals surface area contributed by atoms with E-state index >= 15 is 0 Å². The average molecular weight is 379 g/mol. The Morgan fingerprint density at radius 3 is 2.57 bits per heavy atom. The number of carbonyl (C=O) groups excluding carboxylic acids is 1. The zero-order valence-electron chi connectivity index (χ0n) is 16.5. The summed E-state index contributed by atoms with van der Waals surface area (Å²) in [6.45, 7) is 4.70. The van der Waals surface area contributed by atoms with Crippen LogP contribution in [0.15, 0.2) is 48.5 Å². The van der Waals surface area contributed by atoms with Crippen molar-refractivity contribution in [1.82, 2.24) is 14.8 Å². The maximum Gasteiger partial charge on any atom is 0.336 e. The van der Waals surface area contributed by atoms with E-state index in [2.05, 4.69) is 23.9 Å². The van der Waals surface area contributed by atoms with Gasteiger partial charge in [-0.25, -0.2) is 0 Å². The minimum atomic E-state index is -0.286. The Bertz CT molecular complexity index is 932. The molecule has 3 aromatic rings. The summed E-state index contributed by atoms with van der Waals surface area (Å²) in [5, 5.41) is 4.33. The van der Waals surface area contributed by atoms with Gasteiger partial charge in [-0.2, -0.15) is 9.67 Å². The highest BCUT2D eigenvalue weighted by Crippen LogP contribution is 2.23. The first-order valence-electron chi connectivity index (χ1n) is 9.54. The first-order chi connectivity index (χ1) is 13.7. The summed E-state index contributed by atoms with van der Waals surface area (Å²) < 4.78 is 12.2. The highest BCUT2D eigenvalue weighted by Gasteiger charge is 2.20. The first-order valence-corrected chi connectivity index (χ1v) is 9.54. The van der Waals surface area contributed by atoms with Crippen LogP contribution in [0.25, 0.3) is 11.4 Å². The minimum Gasteiger partial charge on any atom is -0.497 e. The highest BCUT2D eigenvalue weighted by molar-refractivity contribution is 5.97. The van der Waals surface area contributed by atoms with Crippen LogP contribution >= 0.6 is 0 Å². The Kier molecular flexibility index (Phi) is 6.42. The van der Waals surface area contributed by atoms with Gasteiger partial charge >= 0.3 is 6.01 Å². The van der Waals surface area contributed by atoms with Crippen molar-refractivity contribution in [2.24, 2.45) is 0 Å². The zero-order chi connectivity index (χ0) is 19.9. The summed E-state index contributed by atoms with van der Waals surface area (Å²) in [5.41, 5.74) is 2.50. The number of hydrogen-bond acceptors (Lipinski definition) is 5. The molecule has 1 heterocycles. The number of benzene rings is 2. The number of methoxy groups -OCH3 is 1. The van der Waals surface area contributed by atoms with Gasteiger partial charge in [-0.05, 0) is 36.6 Å². The van der Waals surface area contributed by atoms with E-state index in [4.69, 9.17) is 9.47 Å². The number of nitrogens with zero attached hydrogens (tertiary/aromatic N) is 3. The normalized spacial score (nSPS) is 10.7. The third kappa shape index (κ3) is 4.39. The largest absolute Gasteiger partial charge is 0.497 e. The van der Waals surface area contributed by atoms with Crippen LogP contribution in [0.1, 0.15) is 42.6 Å². The molecule has 0 unspecified atom stereocenters. The van der Waals surface area contributed by atoms with Crippen LogP contribution in [0.4, 0.5) is 0 Å². The van der Waals surface area contributed by atoms with Crippen molar-refractivity contribution in [1.29, 1.82) is 0 Å². The third-order valence-electron chi connectivity index (χ3n) is 4.45. The monoisotopic (exact) mass is 379 g/mol. The van der Waals surface area contributed by atoms with Crippen LogP contribution in [0.2, 0.25) is 0 Å². The van der Waals surface area contributed by atoms with Gasteiger partial charge in [-0.1, -0.05) is 50.6 Å². The predicted octanol–water partition coefficient (Wildman–Crippen LogP) is 4.38. The Morgan fingerprint density at radius 2 is 1.89 bits per heavy atom. The van der Waals surface area contributed by atoms with Gasteiger partial charge in [-0.15, -0.1) is 5.10 Å². The second-order valence-corrected chi connectivity index (χ2v) is 6.42. The first kappa shape index (κ1) is 19.6. The fourth-order valence-electron chi connectivity index (χ4n) is 2.76. The van der Waals surface area contributed by atoms with Crippen LogP contribution in [0, 0.1) is 0 Å². The molecule has 6 heteroatoms. The zero-order valence-corrected chi connectivity index (χ0v) is 16.5. The average Bonchev–Trinajstić information content (AvgIpc) is 3.17. The summed E-state index contributed by atoms with van der Waals surface area (Å²) >= 11 is 0. The molecule has 6 nitrogen and oxygen atoms in total. The summed E-state index contributed by atoms with van der Waals surface area (Å²) in [6.07, 6.45) is 2.86. The molecule has 1 aromatic heterocycles. The maximum atomic E-state index is 13.1. The van der Waals surface area contributed by atoms with E-state index in [0.717, 1.165) is 24.8 Å². The lowest BCUT2D eigenvalue weighted by Crippen LogP contribution is -2.15. The smallest absolute Gasteiger partial charge is 0.336 e. The summed E-state index contributed by atoms with van der Waals surface area (Å²) in [4.78, 5) is 17.6. The van der Waals surface area contributed by atoms with E-state index in [1.807, 2.05) is 24.3 Å². The van der Waals surface area contributed by atoms with E-state index in [9.17, 15) is 4.79 Å². The van der Waals surface area contributed by atoms with Gasteiger partial charge < -0.3 is 9.47 Å². The molecule has 0 fully saturated rings. The summed E-state index contributed by atoms with van der Waals surface area (Å²) in [5.74, 6) is 0.785. The SMILES string of the molecule is CCCCOc1nc(-c2ccc(CC)cc2)n(C(=O)c2cccc(OC)c2)n1. The Labute approximate surface area is 165 Å². The lowest BCUT2D eigenvalue weighted by Gasteiger charge is -2.07. The number of aromatic nitrogens is 3. The molecule has 3 rings (SSSR count). The van der Waals surface area contributed by atoms with E-state index in [-0.39, 0.29) is 11.9 Å². The van der Waals surface area contributed by atoms with E-state index in [1.54, 1.807) is 31.4 Å². The third-order valence-corrected chi connectivity index (χ3v) is 4.45.